The second kappa shape index (κ2) is 16.4. The van der Waals surface area contributed by atoms with Crippen molar-refractivity contribution in [1.29, 1.82) is 0 Å². The van der Waals surface area contributed by atoms with E-state index < -0.39 is 67.5 Å². The quantitative estimate of drug-likeness (QED) is 0.0861. The zero-order valence-electron chi connectivity index (χ0n) is 19.6. The van der Waals surface area contributed by atoms with Gasteiger partial charge in [0.15, 0.2) is 5.25 Å². The van der Waals surface area contributed by atoms with Crippen LogP contribution in [0.5, 0.6) is 0 Å². The highest BCUT2D eigenvalue weighted by atomic mass is 32.2. The van der Waals surface area contributed by atoms with Crippen LogP contribution in [0.4, 0.5) is 0 Å². The van der Waals surface area contributed by atoms with Gasteiger partial charge in [-0.15, -0.1) is 0 Å². The standard InChI is InChI=1S/C20H34O13S2/c1-2-3-4-5-6-7-8-9-10-11-12-32-20(26)16(34(27,28)29)14-18(23)33-35(30,31)15(19(24)25)13-17(21)22/h15-16H,2-14H2,1H3,(H,21,22)(H,24,25)(H,27,28,29). The molecule has 0 aliphatic carbocycles. The largest absolute Gasteiger partial charge is 0.481 e. The summed E-state index contributed by atoms with van der Waals surface area (Å²) in [5.74, 6) is -7.34. The fourth-order valence-electron chi connectivity index (χ4n) is 3.01. The van der Waals surface area contributed by atoms with Crippen LogP contribution in [0.25, 0.3) is 0 Å². The van der Waals surface area contributed by atoms with E-state index in [1.54, 1.807) is 0 Å². The molecule has 0 aromatic heterocycles. The highest BCUT2D eigenvalue weighted by molar-refractivity contribution is 7.88. The van der Waals surface area contributed by atoms with Gasteiger partial charge >= 0.3 is 34.0 Å². The van der Waals surface area contributed by atoms with E-state index >= 15 is 0 Å². The van der Waals surface area contributed by atoms with E-state index in [0.717, 1.165) is 25.7 Å². The molecule has 0 bridgehead atoms. The van der Waals surface area contributed by atoms with E-state index in [0.29, 0.717) is 12.8 Å². The summed E-state index contributed by atoms with van der Waals surface area (Å²) in [7, 11) is -10.5. The third kappa shape index (κ3) is 14.7. The number of aliphatic carboxylic acids is 2. The fourth-order valence-corrected chi connectivity index (χ4v) is 4.70. The summed E-state index contributed by atoms with van der Waals surface area (Å²) in [6.45, 7) is 1.94. The first kappa shape index (κ1) is 32.7. The maximum Gasteiger partial charge on any atom is 0.327 e. The van der Waals surface area contributed by atoms with Crippen LogP contribution in [-0.4, -0.2) is 72.6 Å². The molecule has 0 aliphatic rings. The van der Waals surface area contributed by atoms with Gasteiger partial charge in [-0.25, -0.2) is 0 Å². The molecule has 3 N–H and O–H groups in total. The molecule has 0 amide bonds. The minimum atomic E-state index is -5.33. The van der Waals surface area contributed by atoms with Crippen molar-refractivity contribution >= 4 is 44.1 Å². The SMILES string of the molecule is CCCCCCCCCCCCOC(=O)C(CC(=O)OS(=O)(=O)C(CC(=O)O)C(=O)O)S(=O)(=O)O. The second-order valence-corrected chi connectivity index (χ2v) is 11.3. The molecule has 35 heavy (non-hydrogen) atoms. The highest BCUT2D eigenvalue weighted by Crippen LogP contribution is 2.15. The monoisotopic (exact) mass is 546 g/mol. The molecule has 0 aromatic carbocycles. The molecule has 0 rings (SSSR count). The van der Waals surface area contributed by atoms with Gasteiger partial charge in [0.25, 0.3) is 10.1 Å². The van der Waals surface area contributed by atoms with E-state index in [4.69, 9.17) is 14.9 Å². The lowest BCUT2D eigenvalue weighted by atomic mass is 10.1. The van der Waals surface area contributed by atoms with Crippen LogP contribution >= 0.6 is 0 Å². The molecule has 13 nitrogen and oxygen atoms in total. The topological polar surface area (TPSA) is 216 Å². The van der Waals surface area contributed by atoms with Crippen molar-refractivity contribution in [2.75, 3.05) is 6.61 Å². The normalized spacial score (nSPS) is 13.5. The fraction of sp³-hybridized carbons (Fsp3) is 0.800. The first-order chi connectivity index (χ1) is 16.2. The Balaban J connectivity index is 4.68. The van der Waals surface area contributed by atoms with Crippen LogP contribution in [0.3, 0.4) is 0 Å². The number of esters is 1. The van der Waals surface area contributed by atoms with Crippen molar-refractivity contribution in [2.45, 2.75) is 94.5 Å². The number of carboxylic acid groups (broad SMARTS) is 2. The number of carbonyl (C=O) groups is 4. The van der Waals surface area contributed by atoms with Gasteiger partial charge < -0.3 is 19.1 Å². The first-order valence-electron chi connectivity index (χ1n) is 11.3. The van der Waals surface area contributed by atoms with Crippen LogP contribution in [0.1, 0.15) is 84.0 Å². The Kier molecular flexibility index (Phi) is 15.4. The van der Waals surface area contributed by atoms with Gasteiger partial charge in [0, 0.05) is 0 Å². The van der Waals surface area contributed by atoms with E-state index in [2.05, 4.69) is 11.1 Å². The number of hydrogen-bond donors (Lipinski definition) is 3. The maximum absolute atomic E-state index is 12.0. The summed E-state index contributed by atoms with van der Waals surface area (Å²) in [5.41, 5.74) is 0. The van der Waals surface area contributed by atoms with Crippen molar-refractivity contribution in [2.24, 2.45) is 0 Å². The summed E-state index contributed by atoms with van der Waals surface area (Å²) < 4.78 is 64.7. The zero-order valence-corrected chi connectivity index (χ0v) is 21.2. The van der Waals surface area contributed by atoms with E-state index in [1.807, 2.05) is 0 Å². The third-order valence-electron chi connectivity index (χ3n) is 4.91. The highest BCUT2D eigenvalue weighted by Gasteiger charge is 2.41. The number of rotatable bonds is 20. The number of ether oxygens (including phenoxy) is 1. The molecule has 2 atom stereocenters. The molecule has 0 saturated heterocycles. The lowest BCUT2D eigenvalue weighted by Gasteiger charge is -2.14. The summed E-state index contributed by atoms with van der Waals surface area (Å²) in [4.78, 5) is 45.6. The number of carbonyl (C=O) groups excluding carboxylic acids is 2. The number of carboxylic acids is 2. The molecule has 204 valence electrons. The van der Waals surface area contributed by atoms with Crippen LogP contribution < -0.4 is 0 Å². The number of unbranched alkanes of at least 4 members (excludes halogenated alkanes) is 9. The maximum atomic E-state index is 12.0. The second-order valence-electron chi connectivity index (χ2n) is 7.93. The van der Waals surface area contributed by atoms with Crippen molar-refractivity contribution < 1.29 is 59.7 Å². The molecule has 0 spiro atoms. The van der Waals surface area contributed by atoms with Crippen LogP contribution in [0.15, 0.2) is 0 Å². The molecule has 0 fully saturated rings. The van der Waals surface area contributed by atoms with Crippen LogP contribution in [0, 0.1) is 0 Å². The van der Waals surface area contributed by atoms with Gasteiger partial charge in [0.05, 0.1) is 19.4 Å². The van der Waals surface area contributed by atoms with Crippen molar-refractivity contribution in [3.63, 3.8) is 0 Å². The average Bonchev–Trinajstić information content (AvgIpc) is 2.72. The predicted molar refractivity (Wildman–Crippen MR) is 121 cm³/mol. The van der Waals surface area contributed by atoms with Crippen molar-refractivity contribution in [3.05, 3.63) is 0 Å². The molecule has 2 unspecified atom stereocenters. The van der Waals surface area contributed by atoms with Gasteiger partial charge in [-0.1, -0.05) is 64.7 Å². The Morgan fingerprint density at radius 2 is 1.23 bits per heavy atom. The Morgan fingerprint density at radius 3 is 1.66 bits per heavy atom. The summed E-state index contributed by atoms with van der Waals surface area (Å²) in [6.07, 6.45) is 7.04. The minimum Gasteiger partial charge on any atom is -0.481 e. The first-order valence-corrected chi connectivity index (χ1v) is 14.2. The Labute approximate surface area is 205 Å². The molecule has 0 saturated carbocycles. The summed E-state index contributed by atoms with van der Waals surface area (Å²) in [6, 6.07) is 0. The molecule has 0 radical (unpaired) electrons. The molecule has 0 aromatic rings. The molecule has 15 heteroatoms. The van der Waals surface area contributed by atoms with Gasteiger partial charge in [-0.2, -0.15) is 16.8 Å². The van der Waals surface area contributed by atoms with E-state index in [-0.39, 0.29) is 6.61 Å². The Morgan fingerprint density at radius 1 is 0.743 bits per heavy atom. The van der Waals surface area contributed by atoms with Crippen LogP contribution in [0.2, 0.25) is 0 Å². The molecule has 0 aliphatic heterocycles. The lowest BCUT2D eigenvalue weighted by molar-refractivity contribution is -0.147. The zero-order chi connectivity index (χ0) is 27.1. The predicted octanol–water partition coefficient (Wildman–Crippen LogP) is 1.90. The molecule has 0 heterocycles. The average molecular weight is 547 g/mol. The van der Waals surface area contributed by atoms with E-state index in [1.165, 1.54) is 25.7 Å². The van der Waals surface area contributed by atoms with Crippen molar-refractivity contribution in [3.8, 4) is 0 Å². The summed E-state index contributed by atoms with van der Waals surface area (Å²) in [5, 5.41) is 12.3. The van der Waals surface area contributed by atoms with Gasteiger partial charge in [0.2, 0.25) is 5.25 Å². The Bertz CT molecular complexity index is 909. The summed E-state index contributed by atoms with van der Waals surface area (Å²) >= 11 is 0. The van der Waals surface area contributed by atoms with Gasteiger partial charge in [0.1, 0.15) is 0 Å². The van der Waals surface area contributed by atoms with Gasteiger partial charge in [-0.05, 0) is 6.42 Å². The molecular weight excluding hydrogens is 512 g/mol. The van der Waals surface area contributed by atoms with E-state index in [9.17, 15) is 40.6 Å². The Hall–Kier alpha value is -2.26. The lowest BCUT2D eigenvalue weighted by Crippen LogP contribution is -2.38. The third-order valence-corrected chi connectivity index (χ3v) is 7.47. The number of hydrogen-bond acceptors (Lipinski definition) is 10. The van der Waals surface area contributed by atoms with Crippen molar-refractivity contribution in [1.82, 2.24) is 0 Å². The molecular formula is C20H34O13S2. The van der Waals surface area contributed by atoms with Gasteiger partial charge in [-0.3, -0.25) is 23.7 Å². The minimum absolute atomic E-state index is 0.200. The van der Waals surface area contributed by atoms with Crippen LogP contribution in [-0.2, 0) is 48.3 Å². The smallest absolute Gasteiger partial charge is 0.327 e.